The number of aliphatic hydroxyl groups excluding tert-OH is 2. The third-order valence-electron chi connectivity index (χ3n) is 2.02. The van der Waals surface area contributed by atoms with Crippen molar-refractivity contribution < 1.29 is 15.0 Å². The van der Waals surface area contributed by atoms with Crippen LogP contribution in [0.25, 0.3) is 0 Å². The fraction of sp³-hybridized carbons (Fsp3) is 0.444. The second-order valence-electron chi connectivity index (χ2n) is 3.26. The summed E-state index contributed by atoms with van der Waals surface area (Å²) in [6, 6.07) is 1.80. The predicted molar refractivity (Wildman–Crippen MR) is 53.0 cm³/mol. The Kier molecular flexibility index (Phi) is 3.99. The highest BCUT2D eigenvalue weighted by atomic mass is 16.3. The Labute approximate surface area is 91.7 Å². The van der Waals surface area contributed by atoms with Crippen molar-refractivity contribution in [2.75, 3.05) is 6.54 Å². The smallest absolute Gasteiger partial charge is 0.216 e. The minimum Gasteiger partial charge on any atom is -0.388 e. The van der Waals surface area contributed by atoms with Crippen molar-refractivity contribution >= 4 is 5.91 Å². The van der Waals surface area contributed by atoms with Crippen molar-refractivity contribution in [2.45, 2.75) is 19.1 Å². The molecule has 4 N–H and O–H groups in total. The summed E-state index contributed by atoms with van der Waals surface area (Å²) < 4.78 is 0. The van der Waals surface area contributed by atoms with Gasteiger partial charge in [0.2, 0.25) is 5.91 Å². The van der Waals surface area contributed by atoms with Crippen LogP contribution in [0.2, 0.25) is 0 Å². The quantitative estimate of drug-likeness (QED) is 0.512. The van der Waals surface area contributed by atoms with Gasteiger partial charge in [0.05, 0.1) is 6.20 Å². The van der Waals surface area contributed by atoms with Gasteiger partial charge in [0.1, 0.15) is 24.0 Å². The van der Waals surface area contributed by atoms with E-state index in [4.69, 9.17) is 5.26 Å². The molecule has 0 fully saturated rings. The van der Waals surface area contributed by atoms with Crippen LogP contribution in [-0.4, -0.2) is 39.0 Å². The summed E-state index contributed by atoms with van der Waals surface area (Å²) in [6.45, 7) is 1.21. The molecule has 2 atom stereocenters. The maximum atomic E-state index is 10.6. The van der Waals surface area contributed by atoms with Crippen LogP contribution in [0, 0.1) is 11.3 Å². The summed E-state index contributed by atoms with van der Waals surface area (Å²) in [5, 5.41) is 36.2. The number of carbonyl (C=O) groups is 1. The molecule has 1 heterocycles. The zero-order valence-electron chi connectivity index (χ0n) is 8.64. The lowest BCUT2D eigenvalue weighted by Crippen LogP contribution is -2.34. The number of H-pyrrole nitrogens is 1. The molecule has 7 nitrogen and oxygen atoms in total. The van der Waals surface area contributed by atoms with Crippen LogP contribution in [0.3, 0.4) is 0 Å². The third kappa shape index (κ3) is 2.79. The molecule has 1 aromatic heterocycles. The topological polar surface area (TPSA) is 122 Å². The summed E-state index contributed by atoms with van der Waals surface area (Å²) in [5.41, 5.74) is 0.301. The molecule has 0 saturated carbocycles. The summed E-state index contributed by atoms with van der Waals surface area (Å²) in [5.74, 6) is -0.307. The second kappa shape index (κ2) is 5.25. The average Bonchev–Trinajstić information content (AvgIpc) is 2.72. The van der Waals surface area contributed by atoms with Crippen LogP contribution in [0.1, 0.15) is 24.3 Å². The molecule has 2 unspecified atom stereocenters. The number of nitriles is 1. The van der Waals surface area contributed by atoms with Crippen LogP contribution < -0.4 is 5.32 Å². The number of rotatable bonds is 4. The van der Waals surface area contributed by atoms with Gasteiger partial charge in [-0.15, -0.1) is 0 Å². The molecular weight excluding hydrogens is 212 g/mol. The van der Waals surface area contributed by atoms with Gasteiger partial charge in [-0.1, -0.05) is 0 Å². The Bertz CT molecular complexity index is 409. The molecule has 16 heavy (non-hydrogen) atoms. The van der Waals surface area contributed by atoms with Crippen molar-refractivity contribution in [3.8, 4) is 6.07 Å². The van der Waals surface area contributed by atoms with Gasteiger partial charge in [0.25, 0.3) is 0 Å². The fourth-order valence-corrected chi connectivity index (χ4v) is 1.18. The zero-order chi connectivity index (χ0) is 12.1. The van der Waals surface area contributed by atoms with Crippen molar-refractivity contribution in [3.05, 3.63) is 17.5 Å². The van der Waals surface area contributed by atoms with Gasteiger partial charge in [-0.25, -0.2) is 0 Å². The molecule has 0 radical (unpaired) electrons. The second-order valence-corrected chi connectivity index (χ2v) is 3.26. The molecule has 0 aliphatic rings. The van der Waals surface area contributed by atoms with Crippen LogP contribution >= 0.6 is 0 Å². The highest BCUT2D eigenvalue weighted by Crippen LogP contribution is 2.18. The first kappa shape index (κ1) is 12.2. The highest BCUT2D eigenvalue weighted by molar-refractivity contribution is 5.72. The van der Waals surface area contributed by atoms with Crippen LogP contribution in [0.5, 0.6) is 0 Å². The van der Waals surface area contributed by atoms with Gasteiger partial charge in [-0.05, 0) is 0 Å². The molecule has 1 rings (SSSR count). The summed E-state index contributed by atoms with van der Waals surface area (Å²) in [6.07, 6.45) is -1.19. The number of hydrogen-bond donors (Lipinski definition) is 4. The van der Waals surface area contributed by atoms with Crippen molar-refractivity contribution in [3.63, 3.8) is 0 Å². The summed E-state index contributed by atoms with van der Waals surface area (Å²) >= 11 is 0. The first-order chi connectivity index (χ1) is 7.56. The fourth-order valence-electron chi connectivity index (χ4n) is 1.18. The van der Waals surface area contributed by atoms with Crippen LogP contribution in [0.15, 0.2) is 6.20 Å². The summed E-state index contributed by atoms with van der Waals surface area (Å²) in [7, 11) is 0. The number of carbonyl (C=O) groups excluding carboxylic acids is 1. The number of nitrogens with one attached hydrogen (secondary N) is 2. The molecule has 0 bridgehead atoms. The molecule has 0 aliphatic carbocycles. The largest absolute Gasteiger partial charge is 0.388 e. The Hall–Kier alpha value is -1.91. The normalized spacial score (nSPS) is 13.9. The van der Waals surface area contributed by atoms with E-state index in [2.05, 4.69) is 15.5 Å². The highest BCUT2D eigenvalue weighted by Gasteiger charge is 2.22. The van der Waals surface area contributed by atoms with E-state index in [0.717, 1.165) is 0 Å². The Morgan fingerprint density at radius 2 is 2.44 bits per heavy atom. The molecule has 1 amide bonds. The van der Waals surface area contributed by atoms with Crippen LogP contribution in [0.4, 0.5) is 0 Å². The van der Waals surface area contributed by atoms with Gasteiger partial charge in [0, 0.05) is 19.0 Å². The summed E-state index contributed by atoms with van der Waals surface area (Å²) in [4.78, 5) is 10.6. The zero-order valence-corrected chi connectivity index (χ0v) is 8.64. The molecular formula is C9H12N4O3. The van der Waals surface area contributed by atoms with Gasteiger partial charge < -0.3 is 15.5 Å². The van der Waals surface area contributed by atoms with Gasteiger partial charge >= 0.3 is 0 Å². The van der Waals surface area contributed by atoms with E-state index in [0.29, 0.717) is 0 Å². The lowest BCUT2D eigenvalue weighted by Gasteiger charge is -2.16. The maximum Gasteiger partial charge on any atom is 0.216 e. The Balaban J connectivity index is 2.67. The minimum absolute atomic E-state index is 0.0907. The number of hydrogen-bond acceptors (Lipinski definition) is 5. The third-order valence-corrected chi connectivity index (χ3v) is 2.02. The standard InChI is InChI=1S/C9H12N4O3/c1-5(14)11-4-8(15)9(16)6-3-12-13-7(6)2-10/h3,8-9,15-16H,4H2,1H3,(H,11,14)(H,12,13). The van der Waals surface area contributed by atoms with Gasteiger partial charge in [0.15, 0.2) is 0 Å². The Morgan fingerprint density at radius 3 is 3.00 bits per heavy atom. The van der Waals surface area contributed by atoms with Gasteiger partial charge in [-0.2, -0.15) is 10.4 Å². The first-order valence-electron chi connectivity index (χ1n) is 4.60. The molecule has 0 aliphatic heterocycles. The van der Waals surface area contributed by atoms with E-state index in [9.17, 15) is 15.0 Å². The lowest BCUT2D eigenvalue weighted by molar-refractivity contribution is -0.119. The predicted octanol–water partition coefficient (Wildman–Crippen LogP) is -1.19. The van der Waals surface area contributed by atoms with Crippen LogP contribution in [-0.2, 0) is 4.79 Å². The Morgan fingerprint density at radius 1 is 1.75 bits per heavy atom. The number of nitrogens with zero attached hydrogens (tertiary/aromatic N) is 2. The van der Waals surface area contributed by atoms with Gasteiger partial charge in [-0.3, -0.25) is 9.89 Å². The van der Waals surface area contributed by atoms with E-state index in [1.807, 2.05) is 0 Å². The maximum absolute atomic E-state index is 10.6. The van der Waals surface area contributed by atoms with E-state index in [-0.39, 0.29) is 23.7 Å². The molecule has 0 spiro atoms. The first-order valence-corrected chi connectivity index (χ1v) is 4.60. The van der Waals surface area contributed by atoms with Crippen molar-refractivity contribution in [1.82, 2.24) is 15.5 Å². The number of aromatic nitrogens is 2. The average molecular weight is 224 g/mol. The lowest BCUT2D eigenvalue weighted by atomic mass is 10.1. The number of aliphatic hydroxyl groups is 2. The number of amides is 1. The number of aromatic amines is 1. The van der Waals surface area contributed by atoms with E-state index in [1.165, 1.54) is 13.1 Å². The monoisotopic (exact) mass is 224 g/mol. The van der Waals surface area contributed by atoms with Crippen molar-refractivity contribution in [1.29, 1.82) is 5.26 Å². The van der Waals surface area contributed by atoms with E-state index in [1.54, 1.807) is 6.07 Å². The molecule has 86 valence electrons. The van der Waals surface area contributed by atoms with E-state index >= 15 is 0 Å². The van der Waals surface area contributed by atoms with E-state index < -0.39 is 12.2 Å². The minimum atomic E-state index is -1.26. The van der Waals surface area contributed by atoms with Crippen molar-refractivity contribution in [2.24, 2.45) is 0 Å². The molecule has 1 aromatic rings. The molecule has 7 heteroatoms. The molecule has 0 saturated heterocycles. The SMILES string of the molecule is CC(=O)NCC(O)C(O)c1cn[nH]c1C#N. The molecule has 0 aromatic carbocycles.